The summed E-state index contributed by atoms with van der Waals surface area (Å²) >= 11 is 0. The fraction of sp³-hybridized carbons (Fsp3) is 0.455. The van der Waals surface area contributed by atoms with Gasteiger partial charge in [0, 0.05) is 25.0 Å². The van der Waals surface area contributed by atoms with E-state index in [-0.39, 0.29) is 0 Å². The number of rotatable bonds is 3. The first kappa shape index (κ1) is 9.96. The molecule has 0 saturated heterocycles. The zero-order chi connectivity index (χ0) is 10.5. The molecule has 0 aliphatic carbocycles. The van der Waals surface area contributed by atoms with Crippen LogP contribution in [0.25, 0.3) is 0 Å². The first-order valence-electron chi connectivity index (χ1n) is 5.28. The van der Waals surface area contributed by atoms with E-state index in [1.165, 1.54) is 5.56 Å². The van der Waals surface area contributed by atoms with Crippen LogP contribution in [0.5, 0.6) is 0 Å². The molecule has 4 nitrogen and oxygen atoms in total. The Morgan fingerprint density at radius 1 is 1.60 bits per heavy atom. The van der Waals surface area contributed by atoms with E-state index >= 15 is 0 Å². The Bertz CT molecular complexity index is 334. The number of aliphatic imine (C=N–C) groups is 1. The van der Waals surface area contributed by atoms with Gasteiger partial charge >= 0.3 is 0 Å². The van der Waals surface area contributed by atoms with Gasteiger partial charge in [-0.2, -0.15) is 0 Å². The van der Waals surface area contributed by atoms with Gasteiger partial charge in [-0.05, 0) is 25.0 Å². The number of aromatic nitrogens is 1. The second kappa shape index (κ2) is 4.77. The number of pyridine rings is 1. The summed E-state index contributed by atoms with van der Waals surface area (Å²) in [6, 6.07) is 4.51. The molecule has 1 aromatic rings. The molecule has 0 amide bonds. The molecule has 2 heterocycles. The first-order valence-corrected chi connectivity index (χ1v) is 5.28. The van der Waals surface area contributed by atoms with E-state index in [1.807, 2.05) is 12.3 Å². The maximum absolute atomic E-state index is 4.33. The molecular weight excluding hydrogens is 188 g/mol. The van der Waals surface area contributed by atoms with Crippen molar-refractivity contribution in [2.45, 2.75) is 19.4 Å². The van der Waals surface area contributed by atoms with Crippen LogP contribution in [0.4, 0.5) is 0 Å². The molecule has 4 heteroatoms. The highest BCUT2D eigenvalue weighted by molar-refractivity contribution is 5.81. The van der Waals surface area contributed by atoms with Crippen molar-refractivity contribution in [2.24, 2.45) is 4.99 Å². The van der Waals surface area contributed by atoms with Crippen LogP contribution in [0.15, 0.2) is 29.5 Å². The van der Waals surface area contributed by atoms with Crippen molar-refractivity contribution in [3.05, 3.63) is 30.1 Å². The SMILES string of the molecule is CC1CN=C(NCCc2cccnc2)N1. The average Bonchev–Trinajstić information content (AvgIpc) is 2.66. The molecule has 1 atom stereocenters. The van der Waals surface area contributed by atoms with Gasteiger partial charge in [-0.15, -0.1) is 0 Å². The van der Waals surface area contributed by atoms with Crippen LogP contribution in [-0.4, -0.2) is 30.1 Å². The summed E-state index contributed by atoms with van der Waals surface area (Å²) in [5.74, 6) is 0.923. The van der Waals surface area contributed by atoms with Crippen LogP contribution >= 0.6 is 0 Å². The van der Waals surface area contributed by atoms with Crippen molar-refractivity contribution in [3.8, 4) is 0 Å². The third kappa shape index (κ3) is 2.94. The fourth-order valence-corrected chi connectivity index (χ4v) is 1.53. The molecule has 80 valence electrons. The van der Waals surface area contributed by atoms with Crippen molar-refractivity contribution in [1.29, 1.82) is 0 Å². The van der Waals surface area contributed by atoms with Crippen LogP contribution in [0, 0.1) is 0 Å². The molecular formula is C11H16N4. The van der Waals surface area contributed by atoms with Crippen LogP contribution in [-0.2, 0) is 6.42 Å². The smallest absolute Gasteiger partial charge is 0.191 e. The number of nitrogens with one attached hydrogen (secondary N) is 2. The summed E-state index contributed by atoms with van der Waals surface area (Å²) in [4.78, 5) is 8.40. The molecule has 0 bridgehead atoms. The first-order chi connectivity index (χ1) is 7.34. The predicted molar refractivity (Wildman–Crippen MR) is 60.8 cm³/mol. The topological polar surface area (TPSA) is 49.3 Å². The molecule has 0 saturated carbocycles. The van der Waals surface area contributed by atoms with Crippen LogP contribution < -0.4 is 10.6 Å². The van der Waals surface area contributed by atoms with Crippen molar-refractivity contribution in [2.75, 3.05) is 13.1 Å². The van der Waals surface area contributed by atoms with E-state index in [4.69, 9.17) is 0 Å². The van der Waals surface area contributed by atoms with Gasteiger partial charge in [0.25, 0.3) is 0 Å². The van der Waals surface area contributed by atoms with Crippen LogP contribution in [0.1, 0.15) is 12.5 Å². The quantitative estimate of drug-likeness (QED) is 0.756. The van der Waals surface area contributed by atoms with Crippen LogP contribution in [0.2, 0.25) is 0 Å². The van der Waals surface area contributed by atoms with Crippen molar-refractivity contribution < 1.29 is 0 Å². The number of guanidine groups is 1. The highest BCUT2D eigenvalue weighted by Crippen LogP contribution is 1.96. The van der Waals surface area contributed by atoms with E-state index in [2.05, 4.69) is 33.6 Å². The summed E-state index contributed by atoms with van der Waals surface area (Å²) in [7, 11) is 0. The standard InChI is InChI=1S/C11H16N4/c1-9-7-14-11(15-9)13-6-4-10-3-2-5-12-8-10/h2-3,5,8-9H,4,6-7H2,1H3,(H2,13,14,15). The van der Waals surface area contributed by atoms with Gasteiger partial charge in [0.15, 0.2) is 5.96 Å². The molecule has 1 unspecified atom stereocenters. The summed E-state index contributed by atoms with van der Waals surface area (Å²) in [6.07, 6.45) is 4.67. The Balaban J connectivity index is 1.72. The molecule has 2 N–H and O–H groups in total. The summed E-state index contributed by atoms with van der Waals surface area (Å²) in [6.45, 7) is 3.89. The van der Waals surface area contributed by atoms with Crippen molar-refractivity contribution >= 4 is 5.96 Å². The van der Waals surface area contributed by atoms with E-state index < -0.39 is 0 Å². The molecule has 0 aromatic carbocycles. The number of nitrogens with zero attached hydrogens (tertiary/aromatic N) is 2. The molecule has 1 aliphatic heterocycles. The van der Waals surface area contributed by atoms with Crippen molar-refractivity contribution in [3.63, 3.8) is 0 Å². The maximum Gasteiger partial charge on any atom is 0.191 e. The van der Waals surface area contributed by atoms with Gasteiger partial charge in [-0.25, -0.2) is 0 Å². The summed E-state index contributed by atoms with van der Waals surface area (Å²) in [5, 5.41) is 6.53. The largest absolute Gasteiger partial charge is 0.356 e. The Morgan fingerprint density at radius 2 is 2.53 bits per heavy atom. The number of hydrogen-bond acceptors (Lipinski definition) is 4. The molecule has 1 aliphatic rings. The maximum atomic E-state index is 4.33. The van der Waals surface area contributed by atoms with Gasteiger partial charge in [0.1, 0.15) is 0 Å². The third-order valence-electron chi connectivity index (χ3n) is 2.34. The molecule has 1 aromatic heterocycles. The van der Waals surface area contributed by atoms with Gasteiger partial charge in [0.05, 0.1) is 6.54 Å². The van der Waals surface area contributed by atoms with Gasteiger partial charge in [-0.1, -0.05) is 6.07 Å². The lowest BCUT2D eigenvalue weighted by Gasteiger charge is -2.08. The molecule has 0 fully saturated rings. The molecule has 2 rings (SSSR count). The minimum atomic E-state index is 0.464. The van der Waals surface area contributed by atoms with E-state index in [0.717, 1.165) is 25.5 Å². The monoisotopic (exact) mass is 204 g/mol. The lowest BCUT2D eigenvalue weighted by atomic mass is 10.2. The Labute approximate surface area is 89.8 Å². The van der Waals surface area contributed by atoms with Gasteiger partial charge < -0.3 is 10.6 Å². The summed E-state index contributed by atoms with van der Waals surface area (Å²) in [5.41, 5.74) is 1.25. The minimum absolute atomic E-state index is 0.464. The Hall–Kier alpha value is -1.58. The average molecular weight is 204 g/mol. The second-order valence-electron chi connectivity index (χ2n) is 3.77. The predicted octanol–water partition coefficient (Wildman–Crippen LogP) is 0.561. The Kier molecular flexibility index (Phi) is 3.17. The van der Waals surface area contributed by atoms with Crippen molar-refractivity contribution in [1.82, 2.24) is 15.6 Å². The molecule has 0 spiro atoms. The van der Waals surface area contributed by atoms with Crippen LogP contribution in [0.3, 0.4) is 0 Å². The lowest BCUT2D eigenvalue weighted by Crippen LogP contribution is -2.38. The molecule has 15 heavy (non-hydrogen) atoms. The highest BCUT2D eigenvalue weighted by atomic mass is 15.2. The highest BCUT2D eigenvalue weighted by Gasteiger charge is 2.10. The molecule has 0 radical (unpaired) electrons. The fourth-order valence-electron chi connectivity index (χ4n) is 1.53. The van der Waals surface area contributed by atoms with Gasteiger partial charge in [-0.3, -0.25) is 9.98 Å². The Morgan fingerprint density at radius 3 is 3.20 bits per heavy atom. The third-order valence-corrected chi connectivity index (χ3v) is 2.34. The van der Waals surface area contributed by atoms with E-state index in [0.29, 0.717) is 6.04 Å². The van der Waals surface area contributed by atoms with E-state index in [1.54, 1.807) is 6.20 Å². The number of hydrogen-bond donors (Lipinski definition) is 2. The summed E-state index contributed by atoms with van der Waals surface area (Å²) < 4.78 is 0. The second-order valence-corrected chi connectivity index (χ2v) is 3.77. The normalized spacial score (nSPS) is 19.5. The van der Waals surface area contributed by atoms with E-state index in [9.17, 15) is 0 Å². The lowest BCUT2D eigenvalue weighted by molar-refractivity contribution is 0.712. The minimum Gasteiger partial charge on any atom is -0.356 e. The zero-order valence-corrected chi connectivity index (χ0v) is 8.90. The van der Waals surface area contributed by atoms with Gasteiger partial charge in [0.2, 0.25) is 0 Å². The zero-order valence-electron chi connectivity index (χ0n) is 8.90.